The van der Waals surface area contributed by atoms with Crippen molar-refractivity contribution >= 4 is 39.9 Å². The van der Waals surface area contributed by atoms with E-state index in [0.717, 1.165) is 38.6 Å². The summed E-state index contributed by atoms with van der Waals surface area (Å²) in [5, 5.41) is 2.96. The van der Waals surface area contributed by atoms with Gasteiger partial charge in [0.25, 0.3) is 5.91 Å². The molecule has 0 saturated carbocycles. The van der Waals surface area contributed by atoms with Crippen LogP contribution in [0.5, 0.6) is 0 Å². The summed E-state index contributed by atoms with van der Waals surface area (Å²) < 4.78 is 29.5. The molecule has 0 spiro atoms. The number of hydrogen-bond donors (Lipinski definition) is 1. The molecule has 1 aliphatic heterocycles. The van der Waals surface area contributed by atoms with E-state index in [0.29, 0.717) is 25.2 Å². The second-order valence-electron chi connectivity index (χ2n) is 6.87. The Morgan fingerprint density at radius 3 is 2.55 bits per heavy atom. The Labute approximate surface area is 182 Å². The maximum absolute atomic E-state index is 13.0. The Hall–Kier alpha value is -1.61. The van der Waals surface area contributed by atoms with E-state index in [1.165, 1.54) is 16.4 Å². The number of aromatic nitrogens is 2. The van der Waals surface area contributed by atoms with Gasteiger partial charge in [-0.05, 0) is 37.5 Å². The number of aryl methyl sites for hydroxylation is 1. The fourth-order valence-electron chi connectivity index (χ4n) is 3.25. The number of benzene rings is 1. The molecule has 7 nitrogen and oxygen atoms in total. The van der Waals surface area contributed by atoms with Crippen LogP contribution in [0.3, 0.4) is 0 Å². The van der Waals surface area contributed by atoms with Crippen molar-refractivity contribution in [1.82, 2.24) is 19.2 Å². The Morgan fingerprint density at radius 2 is 1.90 bits per heavy atom. The molecular weight excluding hydrogens is 435 g/mol. The molecule has 10 heteroatoms. The lowest BCUT2D eigenvalue weighted by molar-refractivity contribution is 0.0952. The van der Waals surface area contributed by atoms with Gasteiger partial charge in [-0.2, -0.15) is 4.31 Å². The van der Waals surface area contributed by atoms with E-state index in [4.69, 9.17) is 11.6 Å². The highest BCUT2D eigenvalue weighted by atomic mass is 35.5. The molecule has 2 heterocycles. The number of carbonyl (C=O) groups excluding carboxylic acids is 1. The molecule has 29 heavy (non-hydrogen) atoms. The quantitative estimate of drug-likeness (QED) is 0.641. The molecule has 0 radical (unpaired) electrons. The first kappa shape index (κ1) is 23.7. The molecule has 1 aromatic heterocycles. The second-order valence-corrected chi connectivity index (χ2v) is 9.19. The van der Waals surface area contributed by atoms with Gasteiger partial charge in [-0.25, -0.2) is 13.4 Å². The van der Waals surface area contributed by atoms with E-state index in [1.54, 1.807) is 18.6 Å². The fourth-order valence-corrected chi connectivity index (χ4v) is 5.27. The van der Waals surface area contributed by atoms with Crippen molar-refractivity contribution < 1.29 is 13.2 Å². The maximum Gasteiger partial charge on any atom is 0.251 e. The van der Waals surface area contributed by atoms with Crippen LogP contribution in [0.4, 0.5) is 0 Å². The summed E-state index contributed by atoms with van der Waals surface area (Å²) in [6.07, 6.45) is 9.78. The van der Waals surface area contributed by atoms with E-state index in [1.807, 2.05) is 10.8 Å². The zero-order valence-electron chi connectivity index (χ0n) is 16.1. The van der Waals surface area contributed by atoms with Gasteiger partial charge in [0, 0.05) is 44.1 Å². The van der Waals surface area contributed by atoms with Gasteiger partial charge in [0.2, 0.25) is 10.0 Å². The number of amides is 1. The molecule has 1 N–H and O–H groups in total. The van der Waals surface area contributed by atoms with Crippen LogP contribution in [0.25, 0.3) is 0 Å². The molecule has 0 bridgehead atoms. The topological polar surface area (TPSA) is 84.3 Å². The molecule has 1 aromatic carbocycles. The predicted octanol–water partition coefficient (Wildman–Crippen LogP) is 3.34. The number of sulfonamides is 1. The SMILES string of the molecule is Cl.O=C(NCCCn1ccnc1)c1ccc(Cl)c(S(=O)(=O)N2CCCCCC2)c1. The van der Waals surface area contributed by atoms with Gasteiger partial charge in [0.05, 0.1) is 11.3 Å². The molecule has 160 valence electrons. The van der Waals surface area contributed by atoms with E-state index >= 15 is 0 Å². The van der Waals surface area contributed by atoms with Crippen molar-refractivity contribution in [3.63, 3.8) is 0 Å². The summed E-state index contributed by atoms with van der Waals surface area (Å²) in [5.41, 5.74) is 0.292. The molecule has 0 unspecified atom stereocenters. The molecule has 1 amide bonds. The average Bonchev–Trinajstić information content (AvgIpc) is 3.04. The van der Waals surface area contributed by atoms with E-state index in [2.05, 4.69) is 10.3 Å². The Balaban J connectivity index is 0.00000300. The Bertz CT molecular complexity index is 896. The molecule has 1 saturated heterocycles. The maximum atomic E-state index is 13.0. The minimum Gasteiger partial charge on any atom is -0.352 e. The van der Waals surface area contributed by atoms with Crippen LogP contribution in [0.2, 0.25) is 5.02 Å². The van der Waals surface area contributed by atoms with Crippen molar-refractivity contribution in [3.05, 3.63) is 47.5 Å². The van der Waals surface area contributed by atoms with E-state index < -0.39 is 10.0 Å². The van der Waals surface area contributed by atoms with Crippen molar-refractivity contribution in [2.24, 2.45) is 0 Å². The number of hydrogen-bond acceptors (Lipinski definition) is 4. The Kier molecular flexibility index (Phi) is 8.95. The third kappa shape index (κ3) is 6.18. The predicted molar refractivity (Wildman–Crippen MR) is 115 cm³/mol. The zero-order valence-corrected chi connectivity index (χ0v) is 18.5. The van der Waals surface area contributed by atoms with Gasteiger partial charge < -0.3 is 9.88 Å². The molecule has 3 rings (SSSR count). The largest absolute Gasteiger partial charge is 0.352 e. The van der Waals surface area contributed by atoms with Gasteiger partial charge in [-0.1, -0.05) is 24.4 Å². The monoisotopic (exact) mass is 460 g/mol. The average molecular weight is 461 g/mol. The van der Waals surface area contributed by atoms with Gasteiger partial charge in [0.15, 0.2) is 0 Å². The lowest BCUT2D eigenvalue weighted by Gasteiger charge is -2.21. The minimum absolute atomic E-state index is 0. The summed E-state index contributed by atoms with van der Waals surface area (Å²) in [6, 6.07) is 4.41. The highest BCUT2D eigenvalue weighted by Gasteiger charge is 2.28. The van der Waals surface area contributed by atoms with Gasteiger partial charge in [-0.15, -0.1) is 12.4 Å². The molecule has 0 atom stereocenters. The molecule has 1 aliphatic rings. The smallest absolute Gasteiger partial charge is 0.251 e. The van der Waals surface area contributed by atoms with Crippen LogP contribution in [-0.2, 0) is 16.6 Å². The highest BCUT2D eigenvalue weighted by molar-refractivity contribution is 7.89. The summed E-state index contributed by atoms with van der Waals surface area (Å²) in [4.78, 5) is 16.4. The number of rotatable bonds is 7. The second kappa shape index (κ2) is 11.0. The number of nitrogens with one attached hydrogen (secondary N) is 1. The molecule has 0 aliphatic carbocycles. The van der Waals surface area contributed by atoms with Crippen LogP contribution in [0, 0.1) is 0 Å². The standard InChI is InChI=1S/C19H25ClN4O3S.ClH/c20-17-7-6-16(19(25)22-8-5-10-23-13-9-21-15-23)14-18(17)28(26,27)24-11-3-1-2-4-12-24;/h6-7,9,13-15H,1-5,8,10-12H2,(H,22,25);1H. The third-order valence-corrected chi connectivity index (χ3v) is 7.19. The van der Waals surface area contributed by atoms with Crippen LogP contribution in [0.1, 0.15) is 42.5 Å². The van der Waals surface area contributed by atoms with Crippen LogP contribution in [0.15, 0.2) is 41.8 Å². The van der Waals surface area contributed by atoms with Crippen molar-refractivity contribution in [2.45, 2.75) is 43.5 Å². The molecular formula is C19H26Cl2N4O3S. The van der Waals surface area contributed by atoms with Crippen molar-refractivity contribution in [1.29, 1.82) is 0 Å². The van der Waals surface area contributed by atoms with Crippen molar-refractivity contribution in [3.8, 4) is 0 Å². The minimum atomic E-state index is -3.72. The fraction of sp³-hybridized carbons (Fsp3) is 0.474. The van der Waals surface area contributed by atoms with Gasteiger partial charge in [0.1, 0.15) is 4.90 Å². The summed E-state index contributed by atoms with van der Waals surface area (Å²) >= 11 is 6.18. The lowest BCUT2D eigenvalue weighted by Crippen LogP contribution is -2.32. The first-order valence-corrected chi connectivity index (χ1v) is 11.3. The van der Waals surface area contributed by atoms with E-state index in [9.17, 15) is 13.2 Å². The van der Waals surface area contributed by atoms with Crippen molar-refractivity contribution in [2.75, 3.05) is 19.6 Å². The summed E-state index contributed by atoms with van der Waals surface area (Å²) in [5.74, 6) is -0.311. The first-order chi connectivity index (χ1) is 13.5. The van der Waals surface area contributed by atoms with Crippen LogP contribution < -0.4 is 5.32 Å². The lowest BCUT2D eigenvalue weighted by atomic mass is 10.2. The highest BCUT2D eigenvalue weighted by Crippen LogP contribution is 2.27. The van der Waals surface area contributed by atoms with E-state index in [-0.39, 0.29) is 28.2 Å². The van der Waals surface area contributed by atoms with Crippen LogP contribution in [-0.4, -0.2) is 47.8 Å². The number of halogens is 2. The molecule has 1 fully saturated rings. The normalized spacial score (nSPS) is 15.3. The summed E-state index contributed by atoms with van der Waals surface area (Å²) in [6.45, 7) is 2.20. The Morgan fingerprint density at radius 1 is 1.17 bits per heavy atom. The number of carbonyl (C=O) groups is 1. The number of imidazole rings is 1. The van der Waals surface area contributed by atoms with Gasteiger partial charge >= 0.3 is 0 Å². The van der Waals surface area contributed by atoms with Gasteiger partial charge in [-0.3, -0.25) is 4.79 Å². The van der Waals surface area contributed by atoms with Crippen LogP contribution >= 0.6 is 24.0 Å². The molecule has 2 aromatic rings. The third-order valence-electron chi connectivity index (χ3n) is 4.81. The number of nitrogens with zero attached hydrogens (tertiary/aromatic N) is 3. The zero-order chi connectivity index (χ0) is 20.0. The first-order valence-electron chi connectivity index (χ1n) is 9.52. The summed E-state index contributed by atoms with van der Waals surface area (Å²) in [7, 11) is -3.72.